The van der Waals surface area contributed by atoms with Crippen molar-refractivity contribution in [3.8, 4) is 0 Å². The molecule has 138 valence electrons. The van der Waals surface area contributed by atoms with Gasteiger partial charge >= 0.3 is 6.03 Å². The van der Waals surface area contributed by atoms with Crippen LogP contribution in [0.15, 0.2) is 36.5 Å². The van der Waals surface area contributed by atoms with E-state index in [1.54, 1.807) is 25.1 Å². The van der Waals surface area contributed by atoms with Crippen LogP contribution in [-0.4, -0.2) is 56.1 Å². The van der Waals surface area contributed by atoms with Gasteiger partial charge in [-0.2, -0.15) is 0 Å². The Morgan fingerprint density at radius 3 is 2.54 bits per heavy atom. The molecule has 0 radical (unpaired) electrons. The van der Waals surface area contributed by atoms with Crippen molar-refractivity contribution in [3.05, 3.63) is 42.1 Å². The Hall–Kier alpha value is -2.71. The number of nitrogens with zero attached hydrogens (tertiary/aromatic N) is 2. The first kappa shape index (κ1) is 18.1. The van der Waals surface area contributed by atoms with E-state index in [0.29, 0.717) is 5.69 Å². The molecule has 1 aromatic carbocycles. The van der Waals surface area contributed by atoms with Crippen molar-refractivity contribution in [3.63, 3.8) is 0 Å². The number of benzene rings is 1. The molecule has 2 fully saturated rings. The molecule has 2 saturated heterocycles. The fourth-order valence-corrected chi connectivity index (χ4v) is 3.19. The number of urea groups is 1. The summed E-state index contributed by atoms with van der Waals surface area (Å²) in [5, 5.41) is 4.21. The SMILES string of the molecule is C=C(NN1CC[NH+](C)CC1)[C@H]1C(=O)NC(=O)N(c2ccccc2C)C1=O. The summed E-state index contributed by atoms with van der Waals surface area (Å²) in [6.45, 7) is 9.18. The summed E-state index contributed by atoms with van der Waals surface area (Å²) in [7, 11) is 2.12. The lowest BCUT2D eigenvalue weighted by Gasteiger charge is -2.35. The molecule has 8 nitrogen and oxygen atoms in total. The van der Waals surface area contributed by atoms with Crippen molar-refractivity contribution in [1.82, 2.24) is 15.8 Å². The number of imide groups is 2. The van der Waals surface area contributed by atoms with Gasteiger partial charge in [0.05, 0.1) is 38.9 Å². The fourth-order valence-electron chi connectivity index (χ4n) is 3.19. The van der Waals surface area contributed by atoms with Crippen LogP contribution in [0.25, 0.3) is 0 Å². The molecule has 2 aliphatic heterocycles. The predicted molar refractivity (Wildman–Crippen MR) is 96.2 cm³/mol. The van der Waals surface area contributed by atoms with E-state index in [2.05, 4.69) is 24.4 Å². The highest BCUT2D eigenvalue weighted by Crippen LogP contribution is 2.26. The van der Waals surface area contributed by atoms with E-state index in [1.807, 2.05) is 11.1 Å². The number of piperazine rings is 1. The smallest absolute Gasteiger partial charge is 0.335 e. The molecule has 26 heavy (non-hydrogen) atoms. The lowest BCUT2D eigenvalue weighted by Crippen LogP contribution is -3.12. The lowest BCUT2D eigenvalue weighted by atomic mass is 10.0. The third-order valence-corrected chi connectivity index (χ3v) is 4.79. The van der Waals surface area contributed by atoms with Crippen LogP contribution >= 0.6 is 0 Å². The molecule has 1 atom stereocenters. The third kappa shape index (κ3) is 3.47. The minimum absolute atomic E-state index is 0.276. The van der Waals surface area contributed by atoms with Crippen molar-refractivity contribution in [1.29, 1.82) is 0 Å². The Kier molecular flexibility index (Phi) is 5.06. The second-order valence-corrected chi connectivity index (χ2v) is 6.77. The molecule has 0 unspecified atom stereocenters. The van der Waals surface area contributed by atoms with Gasteiger partial charge in [-0.05, 0) is 18.6 Å². The Balaban J connectivity index is 1.79. The Morgan fingerprint density at radius 2 is 1.88 bits per heavy atom. The van der Waals surface area contributed by atoms with Gasteiger partial charge in [-0.3, -0.25) is 14.9 Å². The highest BCUT2D eigenvalue weighted by molar-refractivity contribution is 6.28. The minimum Gasteiger partial charge on any atom is -0.335 e. The molecule has 3 N–H and O–H groups in total. The van der Waals surface area contributed by atoms with Crippen molar-refractivity contribution in [2.45, 2.75) is 6.92 Å². The van der Waals surface area contributed by atoms with E-state index < -0.39 is 23.8 Å². The van der Waals surface area contributed by atoms with Gasteiger partial charge in [-0.15, -0.1) is 0 Å². The summed E-state index contributed by atoms with van der Waals surface area (Å²) < 4.78 is 0. The van der Waals surface area contributed by atoms with Crippen molar-refractivity contribution >= 4 is 23.5 Å². The topological polar surface area (TPSA) is 86.2 Å². The second kappa shape index (κ2) is 7.27. The van der Waals surface area contributed by atoms with Crippen LogP contribution in [0.4, 0.5) is 10.5 Å². The first-order valence-corrected chi connectivity index (χ1v) is 8.64. The van der Waals surface area contributed by atoms with Crippen molar-refractivity contribution in [2.24, 2.45) is 5.92 Å². The predicted octanol–water partition coefficient (Wildman–Crippen LogP) is -0.957. The van der Waals surface area contributed by atoms with Gasteiger partial charge in [0.15, 0.2) is 5.92 Å². The van der Waals surface area contributed by atoms with E-state index in [4.69, 9.17) is 0 Å². The molecular formula is C18H24N5O3+. The van der Waals surface area contributed by atoms with Crippen LogP contribution in [0.2, 0.25) is 0 Å². The molecule has 8 heteroatoms. The molecule has 4 amide bonds. The zero-order chi connectivity index (χ0) is 18.8. The number of aryl methyl sites for hydroxylation is 1. The van der Waals surface area contributed by atoms with Gasteiger partial charge in [0.1, 0.15) is 0 Å². The number of hydrogen-bond donors (Lipinski definition) is 3. The molecule has 0 spiro atoms. The molecule has 2 heterocycles. The van der Waals surface area contributed by atoms with Gasteiger partial charge in [0.25, 0.3) is 5.91 Å². The van der Waals surface area contributed by atoms with Gasteiger partial charge in [-0.1, -0.05) is 24.8 Å². The summed E-state index contributed by atoms with van der Waals surface area (Å²) in [5.41, 5.74) is 4.58. The number of quaternary nitrogens is 1. The molecule has 0 aliphatic carbocycles. The average Bonchev–Trinajstić information content (AvgIpc) is 2.58. The third-order valence-electron chi connectivity index (χ3n) is 4.79. The van der Waals surface area contributed by atoms with E-state index in [1.165, 1.54) is 4.90 Å². The van der Waals surface area contributed by atoms with Gasteiger partial charge < -0.3 is 10.3 Å². The van der Waals surface area contributed by atoms with Crippen molar-refractivity contribution < 1.29 is 19.3 Å². The molecule has 0 saturated carbocycles. The van der Waals surface area contributed by atoms with Gasteiger partial charge in [0, 0.05) is 5.70 Å². The van der Waals surface area contributed by atoms with E-state index in [9.17, 15) is 14.4 Å². The first-order valence-electron chi connectivity index (χ1n) is 8.64. The highest BCUT2D eigenvalue weighted by atomic mass is 16.2. The summed E-state index contributed by atoms with van der Waals surface area (Å²) >= 11 is 0. The van der Waals surface area contributed by atoms with Crippen LogP contribution in [0.3, 0.4) is 0 Å². The van der Waals surface area contributed by atoms with Crippen LogP contribution in [0.1, 0.15) is 5.56 Å². The minimum atomic E-state index is -1.15. The molecular weight excluding hydrogens is 334 g/mol. The van der Waals surface area contributed by atoms with Gasteiger partial charge in [-0.25, -0.2) is 14.7 Å². The molecule has 1 aromatic rings. The lowest BCUT2D eigenvalue weighted by molar-refractivity contribution is -0.884. The largest absolute Gasteiger partial charge is 0.335 e. The van der Waals surface area contributed by atoms with Crippen LogP contribution in [0, 0.1) is 12.8 Å². The van der Waals surface area contributed by atoms with E-state index in [-0.39, 0.29) is 5.70 Å². The number of para-hydroxylation sites is 1. The number of likely N-dealkylation sites (N-methyl/N-ethyl adjacent to an activating group) is 1. The number of carbonyl (C=O) groups excluding carboxylic acids is 3. The maximum absolute atomic E-state index is 13.0. The molecule has 2 aliphatic rings. The fraction of sp³-hybridized carbons (Fsp3) is 0.389. The van der Waals surface area contributed by atoms with Gasteiger partial charge in [0.2, 0.25) is 5.91 Å². The second-order valence-electron chi connectivity index (χ2n) is 6.77. The zero-order valence-electron chi connectivity index (χ0n) is 15.0. The normalized spacial score (nSPS) is 22.3. The number of amides is 4. The number of rotatable bonds is 4. The molecule has 3 rings (SSSR count). The number of barbiturate groups is 1. The number of anilines is 1. The summed E-state index contributed by atoms with van der Waals surface area (Å²) in [6.07, 6.45) is 0. The highest BCUT2D eigenvalue weighted by Gasteiger charge is 2.43. The zero-order valence-corrected chi connectivity index (χ0v) is 15.0. The standard InChI is InChI=1S/C18H23N5O3/c1-12-6-4-5-7-14(12)23-17(25)15(16(24)19-18(23)26)13(2)20-22-10-8-21(3)9-11-22/h4-7,15,20H,2,8-11H2,1,3H3,(H,19,24,26)/p+1/t15-/m0/s1. The number of hydrogen-bond acceptors (Lipinski definition) is 5. The maximum atomic E-state index is 13.0. The number of hydrazine groups is 1. The quantitative estimate of drug-likeness (QED) is 0.604. The van der Waals surface area contributed by atoms with Crippen LogP contribution in [-0.2, 0) is 9.59 Å². The summed E-state index contributed by atoms with van der Waals surface area (Å²) in [5.74, 6) is -2.40. The summed E-state index contributed by atoms with van der Waals surface area (Å²) in [6, 6.07) is 6.32. The number of nitrogens with one attached hydrogen (secondary N) is 3. The van der Waals surface area contributed by atoms with Crippen LogP contribution < -0.4 is 20.5 Å². The average molecular weight is 358 g/mol. The Labute approximate surface area is 152 Å². The summed E-state index contributed by atoms with van der Waals surface area (Å²) in [4.78, 5) is 40.0. The molecule has 0 bridgehead atoms. The Bertz CT molecular complexity index is 755. The monoisotopic (exact) mass is 358 g/mol. The van der Waals surface area contributed by atoms with Crippen LogP contribution in [0.5, 0.6) is 0 Å². The molecule has 0 aromatic heterocycles. The van der Waals surface area contributed by atoms with E-state index >= 15 is 0 Å². The van der Waals surface area contributed by atoms with Crippen molar-refractivity contribution in [2.75, 3.05) is 38.1 Å². The number of carbonyl (C=O) groups is 3. The van der Waals surface area contributed by atoms with E-state index in [0.717, 1.165) is 36.6 Å². The maximum Gasteiger partial charge on any atom is 0.335 e. The first-order chi connectivity index (χ1) is 12.4. The Morgan fingerprint density at radius 1 is 1.23 bits per heavy atom.